The van der Waals surface area contributed by atoms with Crippen molar-refractivity contribution in [2.75, 3.05) is 12.9 Å². The molecule has 1 rings (SSSR count). The van der Waals surface area contributed by atoms with Crippen LogP contribution in [0.5, 0.6) is 5.75 Å². The second kappa shape index (κ2) is 6.23. The maximum atomic E-state index is 11.7. The Labute approximate surface area is 103 Å². The van der Waals surface area contributed by atoms with Crippen LogP contribution in [0.3, 0.4) is 0 Å². The summed E-state index contributed by atoms with van der Waals surface area (Å²) in [5.74, 6) is 1.61. The lowest BCUT2D eigenvalue weighted by Gasteiger charge is -2.10. The molecule has 0 aliphatic carbocycles. The minimum absolute atomic E-state index is 0.0639. The fourth-order valence-electron chi connectivity index (χ4n) is 1.39. The molecule has 0 amide bonds. The number of nitrogens with two attached hydrogens (primary N) is 1. The SMILES string of the molecule is COc1ccc(Cl)cc1CS(=O)CC(C)N. The van der Waals surface area contributed by atoms with Crippen LogP contribution in [-0.4, -0.2) is 23.1 Å². The quantitative estimate of drug-likeness (QED) is 0.881. The normalized spacial score (nSPS) is 14.5. The van der Waals surface area contributed by atoms with E-state index in [-0.39, 0.29) is 6.04 Å². The highest BCUT2D eigenvalue weighted by Gasteiger charge is 2.09. The van der Waals surface area contributed by atoms with Gasteiger partial charge < -0.3 is 10.5 Å². The van der Waals surface area contributed by atoms with Crippen LogP contribution in [0.2, 0.25) is 5.02 Å². The van der Waals surface area contributed by atoms with Crippen LogP contribution in [-0.2, 0) is 16.6 Å². The van der Waals surface area contributed by atoms with Gasteiger partial charge in [0.2, 0.25) is 0 Å². The monoisotopic (exact) mass is 261 g/mol. The van der Waals surface area contributed by atoms with E-state index in [4.69, 9.17) is 22.1 Å². The van der Waals surface area contributed by atoms with Crippen LogP contribution >= 0.6 is 11.6 Å². The Morgan fingerprint density at radius 3 is 2.81 bits per heavy atom. The van der Waals surface area contributed by atoms with Gasteiger partial charge in [-0.25, -0.2) is 0 Å². The first kappa shape index (κ1) is 13.5. The first-order chi connectivity index (χ1) is 7.52. The van der Waals surface area contributed by atoms with E-state index in [0.29, 0.717) is 22.3 Å². The molecule has 2 unspecified atom stereocenters. The van der Waals surface area contributed by atoms with Gasteiger partial charge in [0.15, 0.2) is 0 Å². The lowest BCUT2D eigenvalue weighted by atomic mass is 10.2. The number of hydrogen-bond donors (Lipinski definition) is 1. The molecule has 3 nitrogen and oxygen atoms in total. The van der Waals surface area contributed by atoms with Gasteiger partial charge in [0.25, 0.3) is 0 Å². The molecule has 0 fully saturated rings. The predicted octanol–water partition coefficient (Wildman–Crippen LogP) is 1.94. The standard InChI is InChI=1S/C11H16ClNO2S/c1-8(13)6-16(14)7-9-5-10(12)3-4-11(9)15-2/h3-5,8H,6-7,13H2,1-2H3. The highest BCUT2D eigenvalue weighted by atomic mass is 35.5. The van der Waals surface area contributed by atoms with E-state index >= 15 is 0 Å². The minimum Gasteiger partial charge on any atom is -0.496 e. The van der Waals surface area contributed by atoms with Gasteiger partial charge in [-0.1, -0.05) is 11.6 Å². The van der Waals surface area contributed by atoms with Crippen LogP contribution in [0, 0.1) is 0 Å². The molecule has 0 radical (unpaired) electrons. The van der Waals surface area contributed by atoms with E-state index in [0.717, 1.165) is 5.56 Å². The lowest BCUT2D eigenvalue weighted by molar-refractivity contribution is 0.411. The van der Waals surface area contributed by atoms with Crippen molar-refractivity contribution >= 4 is 22.4 Å². The molecule has 0 saturated carbocycles. The van der Waals surface area contributed by atoms with Crippen LogP contribution < -0.4 is 10.5 Å². The summed E-state index contributed by atoms with van der Waals surface area (Å²) in [7, 11) is 0.600. The first-order valence-corrected chi connectivity index (χ1v) is 6.82. The maximum Gasteiger partial charge on any atom is 0.123 e. The number of halogens is 1. The van der Waals surface area contributed by atoms with Crippen molar-refractivity contribution in [1.29, 1.82) is 0 Å². The third-order valence-electron chi connectivity index (χ3n) is 2.01. The molecule has 1 aromatic carbocycles. The number of benzene rings is 1. The van der Waals surface area contributed by atoms with Crippen molar-refractivity contribution in [2.45, 2.75) is 18.7 Å². The van der Waals surface area contributed by atoms with Gasteiger partial charge in [0.1, 0.15) is 5.75 Å². The van der Waals surface area contributed by atoms with Crippen molar-refractivity contribution in [3.8, 4) is 5.75 Å². The summed E-state index contributed by atoms with van der Waals surface area (Å²) in [4.78, 5) is 0. The van der Waals surface area contributed by atoms with E-state index in [1.807, 2.05) is 6.92 Å². The van der Waals surface area contributed by atoms with Crippen molar-refractivity contribution in [1.82, 2.24) is 0 Å². The summed E-state index contributed by atoms with van der Waals surface area (Å²) < 4.78 is 16.9. The maximum absolute atomic E-state index is 11.7. The van der Waals surface area contributed by atoms with Gasteiger partial charge in [-0.3, -0.25) is 4.21 Å². The van der Waals surface area contributed by atoms with Crippen molar-refractivity contribution in [3.63, 3.8) is 0 Å². The molecule has 0 aliphatic rings. The fourth-order valence-corrected chi connectivity index (χ4v) is 2.86. The third-order valence-corrected chi connectivity index (χ3v) is 3.77. The number of methoxy groups -OCH3 is 1. The van der Waals surface area contributed by atoms with E-state index in [1.165, 1.54) is 0 Å². The first-order valence-electron chi connectivity index (χ1n) is 4.96. The van der Waals surface area contributed by atoms with Crippen LogP contribution in [0.4, 0.5) is 0 Å². The Hall–Kier alpha value is -0.580. The molecule has 0 aliphatic heterocycles. The minimum atomic E-state index is -0.985. The van der Waals surface area contributed by atoms with Crippen LogP contribution in [0.25, 0.3) is 0 Å². The van der Waals surface area contributed by atoms with Crippen molar-refractivity contribution < 1.29 is 8.95 Å². The van der Waals surface area contributed by atoms with E-state index in [9.17, 15) is 4.21 Å². The van der Waals surface area contributed by atoms with Crippen molar-refractivity contribution in [2.24, 2.45) is 5.73 Å². The Balaban J connectivity index is 2.79. The third kappa shape index (κ3) is 4.12. The molecule has 0 bridgehead atoms. The molecule has 0 heterocycles. The molecule has 16 heavy (non-hydrogen) atoms. The zero-order valence-corrected chi connectivity index (χ0v) is 11.0. The predicted molar refractivity (Wildman–Crippen MR) is 68.4 cm³/mol. The van der Waals surface area contributed by atoms with Crippen LogP contribution in [0.15, 0.2) is 18.2 Å². The van der Waals surface area contributed by atoms with E-state index < -0.39 is 10.8 Å². The highest BCUT2D eigenvalue weighted by molar-refractivity contribution is 7.84. The fraction of sp³-hybridized carbons (Fsp3) is 0.455. The molecular formula is C11H16ClNO2S. The summed E-state index contributed by atoms with van der Waals surface area (Å²) in [5.41, 5.74) is 6.45. The zero-order chi connectivity index (χ0) is 12.1. The van der Waals surface area contributed by atoms with Gasteiger partial charge in [0.05, 0.1) is 12.9 Å². The Morgan fingerprint density at radius 1 is 1.56 bits per heavy atom. The average Bonchev–Trinajstić information content (AvgIpc) is 2.16. The number of rotatable bonds is 5. The molecule has 0 saturated heterocycles. The van der Waals surface area contributed by atoms with Gasteiger partial charge in [0, 0.05) is 33.2 Å². The Kier molecular flexibility index (Phi) is 5.25. The molecular weight excluding hydrogens is 246 g/mol. The van der Waals surface area contributed by atoms with E-state index in [2.05, 4.69) is 0 Å². The molecule has 2 atom stereocenters. The van der Waals surface area contributed by atoms with Gasteiger partial charge in [-0.05, 0) is 25.1 Å². The molecule has 2 N–H and O–H groups in total. The molecule has 1 aromatic rings. The molecule has 0 spiro atoms. The summed E-state index contributed by atoms with van der Waals surface area (Å²) in [6.07, 6.45) is 0. The largest absolute Gasteiger partial charge is 0.496 e. The second-order valence-corrected chi connectivity index (χ2v) is 5.62. The molecule has 0 aromatic heterocycles. The topological polar surface area (TPSA) is 52.3 Å². The highest BCUT2D eigenvalue weighted by Crippen LogP contribution is 2.23. The smallest absolute Gasteiger partial charge is 0.123 e. The van der Waals surface area contributed by atoms with E-state index in [1.54, 1.807) is 25.3 Å². The van der Waals surface area contributed by atoms with Crippen molar-refractivity contribution in [3.05, 3.63) is 28.8 Å². The Morgan fingerprint density at radius 2 is 2.25 bits per heavy atom. The zero-order valence-electron chi connectivity index (χ0n) is 9.40. The summed E-state index contributed by atoms with van der Waals surface area (Å²) in [5, 5.41) is 0.619. The Bertz CT molecular complexity index is 382. The number of ether oxygens (including phenoxy) is 1. The van der Waals surface area contributed by atoms with Crippen LogP contribution in [0.1, 0.15) is 12.5 Å². The summed E-state index contributed by atoms with van der Waals surface area (Å²) in [6.45, 7) is 1.84. The average molecular weight is 262 g/mol. The second-order valence-electron chi connectivity index (χ2n) is 3.68. The summed E-state index contributed by atoms with van der Waals surface area (Å²) in [6, 6.07) is 5.24. The lowest BCUT2D eigenvalue weighted by Crippen LogP contribution is -2.23. The van der Waals surface area contributed by atoms with Gasteiger partial charge >= 0.3 is 0 Å². The molecule has 5 heteroatoms. The van der Waals surface area contributed by atoms with Gasteiger partial charge in [-0.15, -0.1) is 0 Å². The number of hydrogen-bond acceptors (Lipinski definition) is 3. The molecule has 90 valence electrons. The van der Waals surface area contributed by atoms with Gasteiger partial charge in [-0.2, -0.15) is 0 Å². The summed E-state index contributed by atoms with van der Waals surface area (Å²) >= 11 is 5.88.